The highest BCUT2D eigenvalue weighted by atomic mass is 32.2. The average molecular weight is 428 g/mol. The molecular weight excluding hydrogens is 406 g/mol. The third kappa shape index (κ3) is 3.53. The largest absolute Gasteiger partial charge is 0.480 e. The Morgan fingerprint density at radius 2 is 2.21 bits per heavy atom. The number of aromatic nitrogens is 1. The number of hydrogen-bond acceptors (Lipinski definition) is 9. The molecule has 0 saturated carbocycles. The minimum Gasteiger partial charge on any atom is -0.480 e. The van der Waals surface area contributed by atoms with Gasteiger partial charge in [0, 0.05) is 10.1 Å². The predicted molar refractivity (Wildman–Crippen MR) is 105 cm³/mol. The van der Waals surface area contributed by atoms with Crippen molar-refractivity contribution in [1.82, 2.24) is 15.2 Å². The van der Waals surface area contributed by atoms with Crippen molar-refractivity contribution in [3.8, 4) is 0 Å². The van der Waals surface area contributed by atoms with E-state index in [1.807, 2.05) is 6.92 Å². The second-order valence-electron chi connectivity index (χ2n) is 6.89. The van der Waals surface area contributed by atoms with E-state index in [1.165, 1.54) is 16.7 Å². The van der Waals surface area contributed by atoms with Gasteiger partial charge in [-0.2, -0.15) is 0 Å². The zero-order chi connectivity index (χ0) is 20.6. The number of carboxylic acid groups (broad SMARTS) is 1. The molecular formula is C16H21N5O5S2. The van der Waals surface area contributed by atoms with Crippen LogP contribution in [0.3, 0.4) is 0 Å². The number of nitrogen functional groups attached to an aromatic ring is 1. The van der Waals surface area contributed by atoms with E-state index >= 15 is 0 Å². The predicted octanol–water partition coefficient (Wildman–Crippen LogP) is 0.488. The Labute approximate surface area is 169 Å². The molecule has 2 aliphatic rings. The Kier molecular flexibility index (Phi) is 5.53. The summed E-state index contributed by atoms with van der Waals surface area (Å²) in [6.07, 6.45) is 0.706. The van der Waals surface area contributed by atoms with E-state index in [0.29, 0.717) is 13.0 Å². The molecule has 28 heavy (non-hydrogen) atoms. The van der Waals surface area contributed by atoms with Crippen molar-refractivity contribution in [2.45, 2.75) is 49.4 Å². The van der Waals surface area contributed by atoms with E-state index < -0.39 is 40.0 Å². The maximum atomic E-state index is 12.8. The standard InChI is InChI=1S/C16H21N5O5S2/c1-4-5-26-20-8(7-6-27-15(17)18-7)11(22)19-9-12(23)21-10(14(24)25)16(2,3)28-13(9)21/h6,9-10,13H,4-5H2,1-3H3,(H2,17,18)(H,19,22)(H,24,25)/t9-,10-,13+/m0/s1. The van der Waals surface area contributed by atoms with E-state index in [2.05, 4.69) is 15.5 Å². The van der Waals surface area contributed by atoms with Crippen molar-refractivity contribution >= 4 is 51.7 Å². The van der Waals surface area contributed by atoms with Crippen LogP contribution in [0, 0.1) is 0 Å². The highest BCUT2D eigenvalue weighted by Gasteiger charge is 2.64. The van der Waals surface area contributed by atoms with Crippen molar-refractivity contribution < 1.29 is 24.3 Å². The number of anilines is 1. The molecule has 152 valence electrons. The molecule has 0 aromatic carbocycles. The van der Waals surface area contributed by atoms with Crippen LogP contribution in [0.25, 0.3) is 0 Å². The number of thioether (sulfide) groups is 1. The first kappa shape index (κ1) is 20.4. The maximum Gasteiger partial charge on any atom is 0.327 e. The van der Waals surface area contributed by atoms with Gasteiger partial charge in [0.25, 0.3) is 5.91 Å². The van der Waals surface area contributed by atoms with Gasteiger partial charge >= 0.3 is 5.97 Å². The monoisotopic (exact) mass is 427 g/mol. The van der Waals surface area contributed by atoms with Gasteiger partial charge in [-0.15, -0.1) is 23.1 Å². The van der Waals surface area contributed by atoms with Crippen molar-refractivity contribution in [1.29, 1.82) is 0 Å². The lowest BCUT2D eigenvalue weighted by atomic mass is 9.96. The topological polar surface area (TPSA) is 147 Å². The fourth-order valence-corrected chi connectivity index (χ4v) is 5.33. The molecule has 2 fully saturated rings. The number of carbonyl (C=O) groups is 3. The number of carboxylic acids is 1. The Balaban J connectivity index is 1.77. The van der Waals surface area contributed by atoms with Gasteiger partial charge in [-0.3, -0.25) is 9.59 Å². The molecule has 10 nitrogen and oxygen atoms in total. The molecule has 1 aromatic rings. The van der Waals surface area contributed by atoms with E-state index in [4.69, 9.17) is 10.6 Å². The summed E-state index contributed by atoms with van der Waals surface area (Å²) >= 11 is 2.50. The van der Waals surface area contributed by atoms with Crippen LogP contribution in [-0.2, 0) is 19.2 Å². The Bertz CT molecular complexity index is 839. The number of thiazole rings is 1. The summed E-state index contributed by atoms with van der Waals surface area (Å²) < 4.78 is -0.670. The number of rotatable bonds is 7. The summed E-state index contributed by atoms with van der Waals surface area (Å²) in [5.74, 6) is -2.13. The first-order valence-electron chi connectivity index (χ1n) is 8.62. The van der Waals surface area contributed by atoms with Gasteiger partial charge in [0.15, 0.2) is 10.8 Å². The van der Waals surface area contributed by atoms with Crippen molar-refractivity contribution in [2.24, 2.45) is 5.16 Å². The van der Waals surface area contributed by atoms with Crippen LogP contribution >= 0.6 is 23.1 Å². The van der Waals surface area contributed by atoms with Crippen molar-refractivity contribution in [2.75, 3.05) is 12.3 Å². The van der Waals surface area contributed by atoms with Gasteiger partial charge in [0.2, 0.25) is 5.91 Å². The van der Waals surface area contributed by atoms with Gasteiger partial charge in [-0.1, -0.05) is 12.1 Å². The molecule has 0 bridgehead atoms. The number of aliphatic carboxylic acids is 1. The van der Waals surface area contributed by atoms with E-state index in [1.54, 1.807) is 19.2 Å². The Morgan fingerprint density at radius 3 is 2.79 bits per heavy atom. The fraction of sp³-hybridized carbons (Fsp3) is 0.562. The number of oxime groups is 1. The van der Waals surface area contributed by atoms with Gasteiger partial charge < -0.3 is 25.9 Å². The number of amides is 2. The molecule has 3 rings (SSSR count). The molecule has 3 atom stereocenters. The van der Waals surface area contributed by atoms with Crippen LogP contribution in [0.15, 0.2) is 10.5 Å². The second-order valence-corrected chi connectivity index (χ2v) is 9.55. The summed E-state index contributed by atoms with van der Waals surface area (Å²) in [4.78, 5) is 47.4. The lowest BCUT2D eigenvalue weighted by Crippen LogP contribution is -2.71. The number of nitrogens with two attached hydrogens (primary N) is 1. The number of carbonyl (C=O) groups excluding carboxylic acids is 2. The van der Waals surface area contributed by atoms with Gasteiger partial charge in [-0.25, -0.2) is 9.78 Å². The van der Waals surface area contributed by atoms with E-state index in [9.17, 15) is 19.5 Å². The molecule has 12 heteroatoms. The van der Waals surface area contributed by atoms with Crippen LogP contribution < -0.4 is 11.1 Å². The van der Waals surface area contributed by atoms with Crippen LogP contribution in [0.4, 0.5) is 5.13 Å². The molecule has 1 aromatic heterocycles. The summed E-state index contributed by atoms with van der Waals surface area (Å²) in [7, 11) is 0. The first-order chi connectivity index (χ1) is 13.2. The van der Waals surface area contributed by atoms with Crippen LogP contribution in [0.2, 0.25) is 0 Å². The Hall–Kier alpha value is -2.34. The molecule has 2 saturated heterocycles. The van der Waals surface area contributed by atoms with Gasteiger partial charge in [0.1, 0.15) is 29.8 Å². The minimum absolute atomic E-state index is 0.0790. The smallest absolute Gasteiger partial charge is 0.327 e. The Morgan fingerprint density at radius 1 is 1.50 bits per heavy atom. The summed E-state index contributed by atoms with van der Waals surface area (Å²) in [5.41, 5.74) is 5.81. The summed E-state index contributed by atoms with van der Waals surface area (Å²) in [6, 6.07) is -1.78. The van der Waals surface area contributed by atoms with Crippen molar-refractivity contribution in [3.63, 3.8) is 0 Å². The van der Waals surface area contributed by atoms with Gasteiger partial charge in [-0.05, 0) is 20.3 Å². The van der Waals surface area contributed by atoms with E-state index in [-0.39, 0.29) is 16.5 Å². The van der Waals surface area contributed by atoms with Crippen LogP contribution in [0.1, 0.15) is 32.9 Å². The number of nitrogens with one attached hydrogen (secondary N) is 1. The molecule has 2 aliphatic heterocycles. The lowest BCUT2D eigenvalue weighted by Gasteiger charge is -2.43. The lowest BCUT2D eigenvalue weighted by molar-refractivity contribution is -0.160. The third-order valence-corrected chi connectivity index (χ3v) is 6.64. The fourth-order valence-electron chi connectivity index (χ4n) is 3.16. The molecule has 3 heterocycles. The summed E-state index contributed by atoms with van der Waals surface area (Å²) in [6.45, 7) is 5.75. The SMILES string of the molecule is CCCON=C(C(=O)N[C@H]1C(=O)N2[C@@H]1SC(C)(C)[C@@H]2C(=O)O)c1csc(N)n1. The average Bonchev–Trinajstić information content (AvgIpc) is 3.15. The highest BCUT2D eigenvalue weighted by Crippen LogP contribution is 2.50. The molecule has 0 spiro atoms. The number of β-lactam (4-membered cyclic amide) rings is 1. The molecule has 4 N–H and O–H groups in total. The van der Waals surface area contributed by atoms with Crippen LogP contribution in [0.5, 0.6) is 0 Å². The molecule has 2 amide bonds. The third-order valence-electron chi connectivity index (χ3n) is 4.39. The quantitative estimate of drug-likeness (QED) is 0.246. The molecule has 0 radical (unpaired) electrons. The molecule has 0 aliphatic carbocycles. The minimum atomic E-state index is -1.06. The van der Waals surface area contributed by atoms with Crippen LogP contribution in [-0.4, -0.2) is 67.3 Å². The zero-order valence-electron chi connectivity index (χ0n) is 15.5. The van der Waals surface area contributed by atoms with Crippen molar-refractivity contribution in [3.05, 3.63) is 11.1 Å². The molecule has 0 unspecified atom stereocenters. The number of nitrogens with zero attached hydrogens (tertiary/aromatic N) is 3. The zero-order valence-corrected chi connectivity index (χ0v) is 17.2. The highest BCUT2D eigenvalue weighted by molar-refractivity contribution is 8.01. The number of fused-ring (bicyclic) bond motifs is 1. The second kappa shape index (κ2) is 7.59. The van der Waals surface area contributed by atoms with Gasteiger partial charge in [0.05, 0.1) is 0 Å². The first-order valence-corrected chi connectivity index (χ1v) is 10.4. The maximum absolute atomic E-state index is 12.8. The normalized spacial score (nSPS) is 25.8. The summed E-state index contributed by atoms with van der Waals surface area (Å²) in [5, 5.41) is 17.4. The number of hydrogen-bond donors (Lipinski definition) is 3. The van der Waals surface area contributed by atoms with E-state index in [0.717, 1.165) is 11.3 Å².